The molecule has 0 amide bonds. The van der Waals surface area contributed by atoms with Gasteiger partial charge in [-0.25, -0.2) is 0 Å². The summed E-state index contributed by atoms with van der Waals surface area (Å²) < 4.78 is 0. The van der Waals surface area contributed by atoms with Crippen LogP contribution in [0.4, 0.5) is 0 Å². The molecule has 1 aliphatic carbocycles. The van der Waals surface area contributed by atoms with Crippen LogP contribution in [0.2, 0.25) is 0 Å². The molecule has 0 saturated heterocycles. The SMILES string of the molecule is C=CCCCCCC(NCC)c1ccc2c(c1)CCC2. The van der Waals surface area contributed by atoms with Crippen molar-refractivity contribution in [2.24, 2.45) is 0 Å². The summed E-state index contributed by atoms with van der Waals surface area (Å²) in [6.45, 7) is 7.05. The Labute approximate surface area is 124 Å². The third-order valence-electron chi connectivity index (χ3n) is 4.38. The van der Waals surface area contributed by atoms with Crippen molar-refractivity contribution in [3.63, 3.8) is 0 Å². The van der Waals surface area contributed by atoms with Crippen LogP contribution in [0.1, 0.15) is 68.2 Å². The van der Waals surface area contributed by atoms with Crippen LogP contribution in [-0.2, 0) is 12.8 Å². The standard InChI is InChI=1S/C19H29N/c1-3-5-6-7-8-12-19(20-4-2)18-14-13-16-10-9-11-17(16)15-18/h3,13-15,19-20H,1,4-12H2,2H3. The topological polar surface area (TPSA) is 12.0 Å². The van der Waals surface area contributed by atoms with Gasteiger partial charge >= 0.3 is 0 Å². The summed E-state index contributed by atoms with van der Waals surface area (Å²) in [7, 11) is 0. The fourth-order valence-corrected chi connectivity index (χ4v) is 3.26. The number of rotatable bonds is 9. The average Bonchev–Trinajstić information content (AvgIpc) is 2.93. The predicted octanol–water partition coefficient (Wildman–Crippen LogP) is 4.96. The summed E-state index contributed by atoms with van der Waals surface area (Å²) >= 11 is 0. The van der Waals surface area contributed by atoms with Crippen molar-refractivity contribution in [2.75, 3.05) is 6.54 Å². The highest BCUT2D eigenvalue weighted by Gasteiger charge is 2.15. The first-order valence-corrected chi connectivity index (χ1v) is 8.31. The molecule has 110 valence electrons. The number of unbranched alkanes of at least 4 members (excludes halogenated alkanes) is 3. The molecule has 1 aromatic rings. The molecule has 0 saturated carbocycles. The summed E-state index contributed by atoms with van der Waals surface area (Å²) in [6.07, 6.45) is 12.3. The second-order valence-electron chi connectivity index (χ2n) is 5.92. The molecule has 1 atom stereocenters. The number of benzene rings is 1. The third-order valence-corrected chi connectivity index (χ3v) is 4.38. The van der Waals surface area contributed by atoms with Gasteiger partial charge in [-0.2, -0.15) is 0 Å². The van der Waals surface area contributed by atoms with Crippen LogP contribution in [0, 0.1) is 0 Å². The minimum atomic E-state index is 0.537. The summed E-state index contributed by atoms with van der Waals surface area (Å²) in [5.74, 6) is 0. The molecule has 2 rings (SSSR count). The quantitative estimate of drug-likeness (QED) is 0.494. The zero-order valence-electron chi connectivity index (χ0n) is 13.0. The van der Waals surface area contributed by atoms with Crippen LogP contribution in [0.25, 0.3) is 0 Å². The number of aryl methyl sites for hydroxylation is 2. The second-order valence-corrected chi connectivity index (χ2v) is 5.92. The molecule has 1 aliphatic rings. The molecule has 20 heavy (non-hydrogen) atoms. The van der Waals surface area contributed by atoms with Crippen LogP contribution in [0.3, 0.4) is 0 Å². The van der Waals surface area contributed by atoms with Crippen molar-refractivity contribution in [3.8, 4) is 0 Å². The van der Waals surface area contributed by atoms with Crippen molar-refractivity contribution in [1.29, 1.82) is 0 Å². The Kier molecular flexibility index (Phi) is 6.32. The fraction of sp³-hybridized carbons (Fsp3) is 0.579. The van der Waals surface area contributed by atoms with Crippen LogP contribution in [0.15, 0.2) is 30.9 Å². The van der Waals surface area contributed by atoms with E-state index in [9.17, 15) is 0 Å². The van der Waals surface area contributed by atoms with Gasteiger partial charge in [-0.1, -0.05) is 44.0 Å². The molecule has 0 fully saturated rings. The van der Waals surface area contributed by atoms with E-state index < -0.39 is 0 Å². The summed E-state index contributed by atoms with van der Waals surface area (Å²) in [6, 6.07) is 7.70. The largest absolute Gasteiger partial charge is 0.310 e. The molecule has 0 radical (unpaired) electrons. The van der Waals surface area contributed by atoms with E-state index in [-0.39, 0.29) is 0 Å². The molecule has 0 aromatic heterocycles. The van der Waals surface area contributed by atoms with Gasteiger partial charge in [-0.3, -0.25) is 0 Å². The van der Waals surface area contributed by atoms with Gasteiger partial charge in [-0.05, 0) is 61.8 Å². The first-order valence-electron chi connectivity index (χ1n) is 8.31. The van der Waals surface area contributed by atoms with Gasteiger partial charge in [0.15, 0.2) is 0 Å². The van der Waals surface area contributed by atoms with Crippen LogP contribution in [-0.4, -0.2) is 6.54 Å². The smallest absolute Gasteiger partial charge is 0.0320 e. The first kappa shape index (κ1) is 15.3. The van der Waals surface area contributed by atoms with Gasteiger partial charge in [0.05, 0.1) is 0 Å². The highest BCUT2D eigenvalue weighted by Crippen LogP contribution is 2.27. The molecule has 1 heteroatoms. The molecule has 0 bridgehead atoms. The molecule has 0 spiro atoms. The molecular formula is C19H29N. The number of allylic oxidation sites excluding steroid dienone is 1. The lowest BCUT2D eigenvalue weighted by atomic mass is 9.96. The average molecular weight is 271 g/mol. The van der Waals surface area contributed by atoms with Gasteiger partial charge in [0.2, 0.25) is 0 Å². The van der Waals surface area contributed by atoms with Crippen molar-refractivity contribution in [1.82, 2.24) is 5.32 Å². The Hall–Kier alpha value is -1.08. The highest BCUT2D eigenvalue weighted by atomic mass is 14.9. The van der Waals surface area contributed by atoms with Gasteiger partial charge < -0.3 is 5.32 Å². The molecular weight excluding hydrogens is 242 g/mol. The Bertz CT molecular complexity index is 422. The van der Waals surface area contributed by atoms with E-state index in [1.165, 1.54) is 50.5 Å². The van der Waals surface area contributed by atoms with Crippen molar-refractivity contribution in [3.05, 3.63) is 47.5 Å². The predicted molar refractivity (Wildman–Crippen MR) is 88.2 cm³/mol. The molecule has 0 heterocycles. The minimum absolute atomic E-state index is 0.537. The van der Waals surface area contributed by atoms with E-state index in [1.807, 2.05) is 6.08 Å². The Morgan fingerprint density at radius 1 is 1.20 bits per heavy atom. The Morgan fingerprint density at radius 2 is 2.05 bits per heavy atom. The van der Waals surface area contributed by atoms with Gasteiger partial charge in [0.1, 0.15) is 0 Å². The van der Waals surface area contributed by atoms with Gasteiger partial charge in [0.25, 0.3) is 0 Å². The van der Waals surface area contributed by atoms with Crippen LogP contribution < -0.4 is 5.32 Å². The van der Waals surface area contributed by atoms with Crippen LogP contribution >= 0.6 is 0 Å². The number of hydrogen-bond donors (Lipinski definition) is 1. The van der Waals surface area contributed by atoms with E-state index in [0.29, 0.717) is 6.04 Å². The maximum atomic E-state index is 3.79. The van der Waals surface area contributed by atoms with E-state index in [4.69, 9.17) is 0 Å². The molecule has 1 unspecified atom stereocenters. The van der Waals surface area contributed by atoms with E-state index in [2.05, 4.69) is 37.0 Å². The maximum Gasteiger partial charge on any atom is 0.0320 e. The summed E-state index contributed by atoms with van der Waals surface area (Å²) in [5, 5.41) is 3.66. The summed E-state index contributed by atoms with van der Waals surface area (Å²) in [4.78, 5) is 0. The van der Waals surface area contributed by atoms with E-state index >= 15 is 0 Å². The van der Waals surface area contributed by atoms with E-state index in [1.54, 1.807) is 11.1 Å². The molecule has 1 aromatic carbocycles. The number of hydrogen-bond acceptors (Lipinski definition) is 1. The number of fused-ring (bicyclic) bond motifs is 1. The fourth-order valence-electron chi connectivity index (χ4n) is 3.26. The zero-order valence-corrected chi connectivity index (χ0v) is 13.0. The Balaban J connectivity index is 1.91. The van der Waals surface area contributed by atoms with Crippen molar-refractivity contribution >= 4 is 0 Å². The normalized spacial score (nSPS) is 15.1. The molecule has 0 aliphatic heterocycles. The Morgan fingerprint density at radius 3 is 2.85 bits per heavy atom. The van der Waals surface area contributed by atoms with Gasteiger partial charge in [0, 0.05) is 6.04 Å². The molecule has 1 nitrogen and oxygen atoms in total. The summed E-state index contributed by atoms with van der Waals surface area (Å²) in [5.41, 5.74) is 4.67. The zero-order chi connectivity index (χ0) is 14.2. The lowest BCUT2D eigenvalue weighted by molar-refractivity contribution is 0.483. The highest BCUT2D eigenvalue weighted by molar-refractivity contribution is 5.36. The third kappa shape index (κ3) is 4.21. The maximum absolute atomic E-state index is 3.79. The lowest BCUT2D eigenvalue weighted by Crippen LogP contribution is -2.21. The van der Waals surface area contributed by atoms with E-state index in [0.717, 1.165) is 13.0 Å². The monoisotopic (exact) mass is 271 g/mol. The first-order chi connectivity index (χ1) is 9.85. The van der Waals surface area contributed by atoms with Crippen molar-refractivity contribution in [2.45, 2.75) is 64.3 Å². The number of nitrogens with one attached hydrogen (secondary N) is 1. The minimum Gasteiger partial charge on any atom is -0.310 e. The van der Waals surface area contributed by atoms with Crippen LogP contribution in [0.5, 0.6) is 0 Å². The lowest BCUT2D eigenvalue weighted by Gasteiger charge is -2.19. The van der Waals surface area contributed by atoms with Crippen molar-refractivity contribution < 1.29 is 0 Å². The molecule has 1 N–H and O–H groups in total. The van der Waals surface area contributed by atoms with Gasteiger partial charge in [-0.15, -0.1) is 6.58 Å². The second kappa shape index (κ2) is 8.26.